The SMILES string of the molecule is Cl.[C-]#[N+]c1ccc2c(C#CC(C)(C)N)nnc(NCc3ccc(C)c(Cl)c3)c2c1. The molecule has 2 aromatic carbocycles. The van der Waals surface area contributed by atoms with Gasteiger partial charge in [-0.15, -0.1) is 22.6 Å². The minimum absolute atomic E-state index is 0. The highest BCUT2D eigenvalue weighted by Crippen LogP contribution is 2.28. The van der Waals surface area contributed by atoms with Crippen LogP contribution >= 0.6 is 24.0 Å². The molecule has 0 fully saturated rings. The van der Waals surface area contributed by atoms with Crippen LogP contribution in [-0.4, -0.2) is 15.7 Å². The van der Waals surface area contributed by atoms with Gasteiger partial charge < -0.3 is 11.1 Å². The molecule has 5 nitrogen and oxygen atoms in total. The van der Waals surface area contributed by atoms with Crippen molar-refractivity contribution in [1.29, 1.82) is 0 Å². The van der Waals surface area contributed by atoms with Crippen LogP contribution in [-0.2, 0) is 6.54 Å². The molecule has 0 bridgehead atoms. The van der Waals surface area contributed by atoms with Gasteiger partial charge >= 0.3 is 0 Å². The normalized spacial score (nSPS) is 10.5. The van der Waals surface area contributed by atoms with E-state index in [0.29, 0.717) is 23.7 Å². The van der Waals surface area contributed by atoms with Gasteiger partial charge in [0.1, 0.15) is 5.69 Å². The van der Waals surface area contributed by atoms with Crippen LogP contribution in [0.4, 0.5) is 11.5 Å². The van der Waals surface area contributed by atoms with Crippen molar-refractivity contribution >= 4 is 46.3 Å². The minimum atomic E-state index is -0.633. The molecular formula is C22H21Cl2N5. The van der Waals surface area contributed by atoms with Gasteiger partial charge in [-0.1, -0.05) is 41.8 Å². The van der Waals surface area contributed by atoms with Crippen molar-refractivity contribution in [2.24, 2.45) is 5.73 Å². The van der Waals surface area contributed by atoms with Gasteiger partial charge in [0.2, 0.25) is 0 Å². The van der Waals surface area contributed by atoms with E-state index in [0.717, 1.165) is 26.9 Å². The molecule has 3 N–H and O–H groups in total. The molecule has 0 amide bonds. The van der Waals surface area contributed by atoms with Crippen LogP contribution < -0.4 is 11.1 Å². The van der Waals surface area contributed by atoms with E-state index >= 15 is 0 Å². The molecule has 148 valence electrons. The van der Waals surface area contributed by atoms with Crippen molar-refractivity contribution in [3.63, 3.8) is 0 Å². The number of benzene rings is 2. The molecule has 3 rings (SSSR count). The summed E-state index contributed by atoms with van der Waals surface area (Å²) in [5.74, 6) is 6.58. The molecule has 0 radical (unpaired) electrons. The average molecular weight is 426 g/mol. The number of nitrogens with zero attached hydrogens (tertiary/aromatic N) is 3. The Balaban J connectivity index is 0.00000300. The van der Waals surface area contributed by atoms with Gasteiger partial charge in [0, 0.05) is 22.3 Å². The summed E-state index contributed by atoms with van der Waals surface area (Å²) in [6.07, 6.45) is 0. The largest absolute Gasteiger partial charge is 0.364 e. The van der Waals surface area contributed by atoms with E-state index in [1.165, 1.54) is 0 Å². The zero-order valence-corrected chi connectivity index (χ0v) is 17.9. The number of aromatic nitrogens is 2. The second-order valence-corrected chi connectivity index (χ2v) is 7.55. The molecule has 1 heterocycles. The number of hydrogen-bond acceptors (Lipinski definition) is 4. The lowest BCUT2D eigenvalue weighted by Gasteiger charge is -2.11. The number of nitrogens with two attached hydrogens (primary N) is 1. The van der Waals surface area contributed by atoms with E-state index in [-0.39, 0.29) is 12.4 Å². The number of fused-ring (bicyclic) bond motifs is 1. The second-order valence-electron chi connectivity index (χ2n) is 7.15. The smallest absolute Gasteiger partial charge is 0.188 e. The van der Waals surface area contributed by atoms with Gasteiger partial charge in [0.25, 0.3) is 0 Å². The van der Waals surface area contributed by atoms with Gasteiger partial charge in [-0.2, -0.15) is 0 Å². The van der Waals surface area contributed by atoms with Crippen molar-refractivity contribution in [1.82, 2.24) is 10.2 Å². The summed E-state index contributed by atoms with van der Waals surface area (Å²) in [6, 6.07) is 11.3. The maximum atomic E-state index is 7.30. The van der Waals surface area contributed by atoms with Crippen molar-refractivity contribution in [2.45, 2.75) is 32.9 Å². The molecule has 0 aliphatic heterocycles. The molecule has 0 aliphatic rings. The van der Waals surface area contributed by atoms with E-state index in [9.17, 15) is 0 Å². The molecule has 3 aromatic rings. The second kappa shape index (κ2) is 9.11. The Morgan fingerprint density at radius 1 is 1.17 bits per heavy atom. The zero-order chi connectivity index (χ0) is 20.3. The Bertz CT molecular complexity index is 1150. The molecular weight excluding hydrogens is 405 g/mol. The topological polar surface area (TPSA) is 68.2 Å². The van der Waals surface area contributed by atoms with Crippen LogP contribution in [0.1, 0.15) is 30.7 Å². The fraction of sp³-hybridized carbons (Fsp3) is 0.227. The predicted molar refractivity (Wildman–Crippen MR) is 122 cm³/mol. The molecule has 0 unspecified atom stereocenters. The Morgan fingerprint density at radius 2 is 1.93 bits per heavy atom. The molecule has 1 aromatic heterocycles. The summed E-state index contributed by atoms with van der Waals surface area (Å²) in [5, 5.41) is 14.2. The lowest BCUT2D eigenvalue weighted by molar-refractivity contribution is 0.680. The van der Waals surface area contributed by atoms with E-state index < -0.39 is 5.54 Å². The van der Waals surface area contributed by atoms with E-state index in [1.807, 2.05) is 45.0 Å². The first kappa shape index (κ1) is 22.5. The van der Waals surface area contributed by atoms with Crippen LogP contribution in [0, 0.1) is 25.3 Å². The molecule has 0 saturated carbocycles. The Labute approximate surface area is 181 Å². The molecule has 29 heavy (non-hydrogen) atoms. The predicted octanol–water partition coefficient (Wildman–Crippen LogP) is 5.27. The molecule has 7 heteroatoms. The summed E-state index contributed by atoms with van der Waals surface area (Å²) < 4.78 is 0. The Morgan fingerprint density at radius 3 is 2.59 bits per heavy atom. The fourth-order valence-corrected chi connectivity index (χ4v) is 2.79. The van der Waals surface area contributed by atoms with E-state index in [2.05, 4.69) is 32.2 Å². The maximum absolute atomic E-state index is 7.30. The lowest BCUT2D eigenvalue weighted by atomic mass is 10.1. The minimum Gasteiger partial charge on any atom is -0.364 e. The van der Waals surface area contributed by atoms with Crippen molar-refractivity contribution in [2.75, 3.05) is 5.32 Å². The Kier molecular flexibility index (Phi) is 7.06. The van der Waals surface area contributed by atoms with Gasteiger partial charge in [-0.05, 0) is 50.0 Å². The highest BCUT2D eigenvalue weighted by molar-refractivity contribution is 6.31. The number of nitrogens with one attached hydrogen (secondary N) is 1. The van der Waals surface area contributed by atoms with Crippen LogP contribution in [0.2, 0.25) is 5.02 Å². The number of anilines is 1. The van der Waals surface area contributed by atoms with Gasteiger partial charge in [0.15, 0.2) is 11.5 Å². The summed E-state index contributed by atoms with van der Waals surface area (Å²) in [5.41, 5.74) is 8.44. The summed E-state index contributed by atoms with van der Waals surface area (Å²) >= 11 is 6.21. The van der Waals surface area contributed by atoms with Crippen LogP contribution in [0.3, 0.4) is 0 Å². The molecule has 0 aliphatic carbocycles. The van der Waals surface area contributed by atoms with Crippen LogP contribution in [0.25, 0.3) is 15.6 Å². The first-order valence-electron chi connectivity index (χ1n) is 8.76. The third kappa shape index (κ3) is 5.59. The first-order valence-corrected chi connectivity index (χ1v) is 9.13. The van der Waals surface area contributed by atoms with Gasteiger partial charge in [-0.25, -0.2) is 4.85 Å². The quantitative estimate of drug-likeness (QED) is 0.443. The third-order valence-corrected chi connectivity index (χ3v) is 4.50. The van der Waals surface area contributed by atoms with Gasteiger partial charge in [-0.3, -0.25) is 0 Å². The lowest BCUT2D eigenvalue weighted by Crippen LogP contribution is -2.29. The van der Waals surface area contributed by atoms with Crippen LogP contribution in [0.5, 0.6) is 0 Å². The highest BCUT2D eigenvalue weighted by atomic mass is 35.5. The highest BCUT2D eigenvalue weighted by Gasteiger charge is 2.11. The number of halogens is 2. The summed E-state index contributed by atoms with van der Waals surface area (Å²) in [7, 11) is 0. The average Bonchev–Trinajstić information content (AvgIpc) is 2.66. The molecule has 0 spiro atoms. The van der Waals surface area contributed by atoms with Crippen LogP contribution in [0.15, 0.2) is 36.4 Å². The number of hydrogen-bond donors (Lipinski definition) is 2. The summed E-state index contributed by atoms with van der Waals surface area (Å²) in [6.45, 7) is 13.5. The Hall–Kier alpha value is -2.83. The standard InChI is InChI=1S/C22H20ClN5.ClH/c1-14-5-6-15(11-19(14)23)13-26-21-18-12-16(25-4)7-8-17(18)20(27-28-21)9-10-22(2,3)24;/h5-8,11-12H,13,24H2,1-3H3,(H,26,28);1H. The van der Waals surface area contributed by atoms with Crippen molar-refractivity contribution < 1.29 is 0 Å². The van der Waals surface area contributed by atoms with Crippen molar-refractivity contribution in [3.05, 3.63) is 69.7 Å². The first-order chi connectivity index (χ1) is 13.3. The monoisotopic (exact) mass is 425 g/mol. The molecule has 0 atom stereocenters. The number of aryl methyl sites for hydroxylation is 1. The van der Waals surface area contributed by atoms with E-state index in [4.69, 9.17) is 23.9 Å². The molecule has 0 saturated heterocycles. The maximum Gasteiger partial charge on any atom is 0.188 e. The number of rotatable bonds is 3. The van der Waals surface area contributed by atoms with E-state index in [1.54, 1.807) is 12.1 Å². The zero-order valence-electron chi connectivity index (χ0n) is 16.4. The fourth-order valence-electron chi connectivity index (χ4n) is 2.59. The summed E-state index contributed by atoms with van der Waals surface area (Å²) in [4.78, 5) is 3.52. The van der Waals surface area contributed by atoms with Crippen molar-refractivity contribution in [3.8, 4) is 11.8 Å². The van der Waals surface area contributed by atoms with Gasteiger partial charge in [0.05, 0.1) is 12.1 Å². The third-order valence-electron chi connectivity index (χ3n) is 4.09.